The van der Waals surface area contributed by atoms with E-state index >= 15 is 0 Å². The third-order valence-electron chi connectivity index (χ3n) is 3.32. The van der Waals surface area contributed by atoms with Gasteiger partial charge in [0.15, 0.2) is 4.34 Å². The summed E-state index contributed by atoms with van der Waals surface area (Å²) in [5.41, 5.74) is 0. The van der Waals surface area contributed by atoms with Gasteiger partial charge < -0.3 is 0 Å². The summed E-state index contributed by atoms with van der Waals surface area (Å²) in [6.45, 7) is 1.95. The van der Waals surface area contributed by atoms with Gasteiger partial charge in [-0.2, -0.15) is 0 Å². The van der Waals surface area contributed by atoms with Crippen LogP contribution in [0.15, 0.2) is 4.34 Å². The number of carbonyl (C=O) groups is 1. The Kier molecular flexibility index (Phi) is 2.32. The number of nitrogens with zero attached hydrogens (tertiary/aromatic N) is 2. The largest absolute Gasteiger partial charge is 0.298 e. The summed E-state index contributed by atoms with van der Waals surface area (Å²) < 4.78 is 0.957. The molecule has 5 heteroatoms. The number of hydrogen-bond donors (Lipinski definition) is 0. The quantitative estimate of drug-likeness (QED) is 0.795. The van der Waals surface area contributed by atoms with Crippen LogP contribution in [0.1, 0.15) is 24.3 Å². The molecule has 2 aliphatic carbocycles. The van der Waals surface area contributed by atoms with Gasteiger partial charge in [0.05, 0.1) is 5.25 Å². The molecule has 0 radical (unpaired) electrons. The van der Waals surface area contributed by atoms with Crippen molar-refractivity contribution in [2.75, 3.05) is 0 Å². The lowest BCUT2D eigenvalue weighted by Gasteiger charge is -2.17. The van der Waals surface area contributed by atoms with Crippen LogP contribution in [0.2, 0.25) is 0 Å². The molecule has 15 heavy (non-hydrogen) atoms. The predicted molar refractivity (Wildman–Crippen MR) is 60.1 cm³/mol. The molecule has 0 saturated heterocycles. The van der Waals surface area contributed by atoms with E-state index in [4.69, 9.17) is 0 Å². The Labute approximate surface area is 96.7 Å². The number of fused-ring (bicyclic) bond motifs is 2. The molecule has 2 aliphatic rings. The lowest BCUT2D eigenvalue weighted by molar-refractivity contribution is -0.121. The Bertz CT molecular complexity index is 404. The van der Waals surface area contributed by atoms with Crippen molar-refractivity contribution >= 4 is 28.9 Å². The molecule has 3 rings (SSSR count). The van der Waals surface area contributed by atoms with Crippen LogP contribution < -0.4 is 0 Å². The van der Waals surface area contributed by atoms with Gasteiger partial charge in [-0.05, 0) is 32.1 Å². The molecule has 2 saturated carbocycles. The van der Waals surface area contributed by atoms with Gasteiger partial charge in [0.25, 0.3) is 0 Å². The first-order chi connectivity index (χ1) is 7.24. The average molecular weight is 240 g/mol. The zero-order valence-corrected chi connectivity index (χ0v) is 10.1. The molecule has 0 aromatic carbocycles. The summed E-state index contributed by atoms with van der Waals surface area (Å²) in [5.74, 6) is 1.43. The smallest absolute Gasteiger partial charge is 0.175 e. The standard InChI is InChI=1S/C10H12N2OS2/c1-5-11-12-10(14-5)15-9-7-3-2-6(4-7)8(9)13/h6-7,9H,2-4H2,1H3. The van der Waals surface area contributed by atoms with Crippen molar-refractivity contribution in [3.63, 3.8) is 0 Å². The number of carbonyl (C=O) groups excluding carboxylic acids is 1. The number of Topliss-reactive ketones (excluding diaryl/α,β-unsaturated/α-hetero) is 1. The van der Waals surface area contributed by atoms with Gasteiger partial charge in [-0.1, -0.05) is 23.1 Å². The summed E-state index contributed by atoms with van der Waals surface area (Å²) in [5, 5.41) is 9.22. The molecule has 2 fully saturated rings. The number of aryl methyl sites for hydroxylation is 1. The van der Waals surface area contributed by atoms with Crippen LogP contribution in [0.5, 0.6) is 0 Å². The molecule has 0 aliphatic heterocycles. The van der Waals surface area contributed by atoms with Crippen molar-refractivity contribution in [1.82, 2.24) is 10.2 Å². The second-order valence-corrected chi connectivity index (χ2v) is 6.87. The Morgan fingerprint density at radius 1 is 1.40 bits per heavy atom. The Hall–Kier alpha value is -0.420. The molecule has 1 aromatic rings. The van der Waals surface area contributed by atoms with E-state index < -0.39 is 0 Å². The van der Waals surface area contributed by atoms with E-state index in [1.165, 1.54) is 6.42 Å². The summed E-state index contributed by atoms with van der Waals surface area (Å²) in [4.78, 5) is 11.9. The van der Waals surface area contributed by atoms with E-state index in [0.29, 0.717) is 17.6 Å². The molecule has 0 spiro atoms. The Balaban J connectivity index is 1.76. The van der Waals surface area contributed by atoms with Crippen molar-refractivity contribution in [1.29, 1.82) is 0 Å². The normalized spacial score (nSPS) is 33.9. The highest BCUT2D eigenvalue weighted by atomic mass is 32.2. The maximum absolute atomic E-state index is 11.9. The van der Waals surface area contributed by atoms with E-state index in [-0.39, 0.29) is 5.25 Å². The monoisotopic (exact) mass is 240 g/mol. The van der Waals surface area contributed by atoms with E-state index in [0.717, 1.165) is 22.2 Å². The minimum Gasteiger partial charge on any atom is -0.298 e. The molecule has 3 atom stereocenters. The summed E-state index contributed by atoms with van der Waals surface area (Å²) in [6.07, 6.45) is 3.47. The summed E-state index contributed by atoms with van der Waals surface area (Å²) in [7, 11) is 0. The lowest BCUT2D eigenvalue weighted by Crippen LogP contribution is -2.24. The Morgan fingerprint density at radius 3 is 2.87 bits per heavy atom. The number of hydrogen-bond acceptors (Lipinski definition) is 5. The second kappa shape index (κ2) is 3.56. The van der Waals surface area contributed by atoms with E-state index in [1.807, 2.05) is 6.92 Å². The second-order valence-electron chi connectivity index (χ2n) is 4.30. The number of thioether (sulfide) groups is 1. The SMILES string of the molecule is Cc1nnc(SC2C(=O)C3CCC2C3)s1. The molecule has 3 nitrogen and oxygen atoms in total. The molecule has 3 unspecified atom stereocenters. The van der Waals surface area contributed by atoms with Gasteiger partial charge in [0, 0.05) is 5.92 Å². The van der Waals surface area contributed by atoms with Crippen LogP contribution >= 0.6 is 23.1 Å². The molecule has 2 bridgehead atoms. The fourth-order valence-electron chi connectivity index (χ4n) is 2.60. The molecule has 80 valence electrons. The number of ketones is 1. The summed E-state index contributed by atoms with van der Waals surface area (Å²) >= 11 is 3.23. The van der Waals surface area contributed by atoms with Crippen molar-refractivity contribution in [3.05, 3.63) is 5.01 Å². The highest BCUT2D eigenvalue weighted by Gasteiger charge is 2.47. The van der Waals surface area contributed by atoms with E-state index in [2.05, 4.69) is 10.2 Å². The van der Waals surface area contributed by atoms with Crippen molar-refractivity contribution < 1.29 is 4.79 Å². The van der Waals surface area contributed by atoms with Crippen molar-refractivity contribution in [2.24, 2.45) is 11.8 Å². The van der Waals surface area contributed by atoms with Crippen LogP contribution in [-0.2, 0) is 4.79 Å². The van der Waals surface area contributed by atoms with Gasteiger partial charge in [0.2, 0.25) is 0 Å². The minimum atomic E-state index is 0.177. The average Bonchev–Trinajstić information content (AvgIpc) is 2.86. The lowest BCUT2D eigenvalue weighted by atomic mass is 9.99. The number of rotatable bonds is 2. The first-order valence-corrected chi connectivity index (χ1v) is 6.94. The van der Waals surface area contributed by atoms with Gasteiger partial charge in [-0.25, -0.2) is 0 Å². The molecular weight excluding hydrogens is 228 g/mol. The van der Waals surface area contributed by atoms with Gasteiger partial charge in [-0.15, -0.1) is 10.2 Å². The highest BCUT2D eigenvalue weighted by Crippen LogP contribution is 2.49. The van der Waals surface area contributed by atoms with E-state index in [1.54, 1.807) is 23.1 Å². The zero-order chi connectivity index (χ0) is 10.4. The first kappa shape index (κ1) is 9.78. The van der Waals surface area contributed by atoms with Gasteiger partial charge in [-0.3, -0.25) is 4.79 Å². The predicted octanol–water partition coefficient (Wildman–Crippen LogP) is 2.31. The van der Waals surface area contributed by atoms with Crippen LogP contribution in [0.25, 0.3) is 0 Å². The third kappa shape index (κ3) is 1.61. The van der Waals surface area contributed by atoms with E-state index in [9.17, 15) is 4.79 Å². The topological polar surface area (TPSA) is 42.9 Å². The molecular formula is C10H12N2OS2. The van der Waals surface area contributed by atoms with Gasteiger partial charge >= 0.3 is 0 Å². The number of aromatic nitrogens is 2. The first-order valence-electron chi connectivity index (χ1n) is 5.24. The van der Waals surface area contributed by atoms with Crippen molar-refractivity contribution in [3.8, 4) is 0 Å². The molecule has 0 amide bonds. The van der Waals surface area contributed by atoms with Crippen LogP contribution in [0, 0.1) is 18.8 Å². The maximum Gasteiger partial charge on any atom is 0.175 e. The van der Waals surface area contributed by atoms with Crippen LogP contribution in [-0.4, -0.2) is 21.2 Å². The molecule has 1 heterocycles. The zero-order valence-electron chi connectivity index (χ0n) is 8.47. The van der Waals surface area contributed by atoms with Crippen LogP contribution in [0.3, 0.4) is 0 Å². The van der Waals surface area contributed by atoms with Gasteiger partial charge in [0.1, 0.15) is 10.8 Å². The highest BCUT2D eigenvalue weighted by molar-refractivity contribution is 8.02. The fraction of sp³-hybridized carbons (Fsp3) is 0.700. The fourth-order valence-corrected chi connectivity index (χ4v) is 4.94. The summed E-state index contributed by atoms with van der Waals surface area (Å²) in [6, 6.07) is 0. The molecule has 0 N–H and O–H groups in total. The van der Waals surface area contributed by atoms with Crippen LogP contribution in [0.4, 0.5) is 0 Å². The minimum absolute atomic E-state index is 0.177. The van der Waals surface area contributed by atoms with Crippen molar-refractivity contribution in [2.45, 2.75) is 35.8 Å². The molecule has 1 aromatic heterocycles. The third-order valence-corrected chi connectivity index (χ3v) is 5.65. The maximum atomic E-state index is 11.9. The Morgan fingerprint density at radius 2 is 2.27 bits per heavy atom.